The summed E-state index contributed by atoms with van der Waals surface area (Å²) in [5.74, 6) is 5.32. The topological polar surface area (TPSA) is 82.2 Å². The lowest BCUT2D eigenvalue weighted by molar-refractivity contribution is 0.740. The van der Waals surface area contributed by atoms with Gasteiger partial charge < -0.3 is 11.6 Å². The fourth-order valence-electron chi connectivity index (χ4n) is 0.820. The van der Waals surface area contributed by atoms with E-state index in [1.54, 1.807) is 10.9 Å². The van der Waals surface area contributed by atoms with Crippen molar-refractivity contribution in [2.45, 2.75) is 6.92 Å². The van der Waals surface area contributed by atoms with Gasteiger partial charge in [0, 0.05) is 12.7 Å². The SMILES string of the molecule is Cc1c(/C(N)=N/N)cnn1C. The molecule has 0 atom stereocenters. The van der Waals surface area contributed by atoms with Gasteiger partial charge in [-0.2, -0.15) is 10.2 Å². The fraction of sp³-hybridized carbons (Fsp3) is 0.333. The number of amidine groups is 1. The average Bonchev–Trinajstić information content (AvgIpc) is 2.32. The highest BCUT2D eigenvalue weighted by Crippen LogP contribution is 2.03. The molecule has 0 spiro atoms. The zero-order chi connectivity index (χ0) is 8.43. The third kappa shape index (κ3) is 1.17. The van der Waals surface area contributed by atoms with Crippen molar-refractivity contribution in [1.29, 1.82) is 0 Å². The molecule has 0 fully saturated rings. The molecule has 0 amide bonds. The van der Waals surface area contributed by atoms with Gasteiger partial charge in [0.05, 0.1) is 11.8 Å². The van der Waals surface area contributed by atoms with Crippen LogP contribution in [0.1, 0.15) is 11.3 Å². The lowest BCUT2D eigenvalue weighted by atomic mass is 10.2. The van der Waals surface area contributed by atoms with Crippen molar-refractivity contribution in [2.24, 2.45) is 23.7 Å². The van der Waals surface area contributed by atoms with Crippen molar-refractivity contribution < 1.29 is 0 Å². The molecular formula is C6H11N5. The second kappa shape index (κ2) is 2.61. The molecule has 5 nitrogen and oxygen atoms in total. The number of nitrogens with two attached hydrogens (primary N) is 2. The molecule has 0 unspecified atom stereocenters. The fourth-order valence-corrected chi connectivity index (χ4v) is 0.820. The van der Waals surface area contributed by atoms with Crippen LogP contribution in [-0.4, -0.2) is 15.6 Å². The molecule has 11 heavy (non-hydrogen) atoms. The Bertz CT molecular complexity index is 285. The van der Waals surface area contributed by atoms with Crippen molar-refractivity contribution in [2.75, 3.05) is 0 Å². The third-order valence-electron chi connectivity index (χ3n) is 1.65. The van der Waals surface area contributed by atoms with Gasteiger partial charge in [-0.3, -0.25) is 4.68 Å². The molecular weight excluding hydrogens is 142 g/mol. The van der Waals surface area contributed by atoms with Crippen molar-refractivity contribution in [3.63, 3.8) is 0 Å². The molecule has 1 aromatic rings. The monoisotopic (exact) mass is 153 g/mol. The van der Waals surface area contributed by atoms with E-state index in [1.165, 1.54) is 0 Å². The van der Waals surface area contributed by atoms with E-state index in [4.69, 9.17) is 11.6 Å². The number of hydrogen-bond donors (Lipinski definition) is 2. The third-order valence-corrected chi connectivity index (χ3v) is 1.65. The lowest BCUT2D eigenvalue weighted by Crippen LogP contribution is -2.16. The molecule has 1 aromatic heterocycles. The summed E-state index contributed by atoms with van der Waals surface area (Å²) in [6, 6.07) is 0. The minimum Gasteiger partial charge on any atom is -0.382 e. The maximum Gasteiger partial charge on any atom is 0.153 e. The molecule has 0 radical (unpaired) electrons. The van der Waals surface area contributed by atoms with Crippen LogP contribution in [0.4, 0.5) is 0 Å². The van der Waals surface area contributed by atoms with Gasteiger partial charge in [0.25, 0.3) is 0 Å². The van der Waals surface area contributed by atoms with Crippen molar-refractivity contribution in [3.05, 3.63) is 17.5 Å². The molecule has 4 N–H and O–H groups in total. The van der Waals surface area contributed by atoms with E-state index in [0.29, 0.717) is 5.84 Å². The molecule has 5 heteroatoms. The summed E-state index contributed by atoms with van der Waals surface area (Å²) in [6.07, 6.45) is 1.64. The van der Waals surface area contributed by atoms with E-state index < -0.39 is 0 Å². The maximum absolute atomic E-state index is 5.48. The smallest absolute Gasteiger partial charge is 0.153 e. The minimum atomic E-state index is 0.315. The van der Waals surface area contributed by atoms with Gasteiger partial charge in [-0.25, -0.2) is 0 Å². The average molecular weight is 153 g/mol. The summed E-state index contributed by atoms with van der Waals surface area (Å²) in [4.78, 5) is 0. The Morgan fingerprint density at radius 2 is 2.36 bits per heavy atom. The van der Waals surface area contributed by atoms with E-state index in [1.807, 2.05) is 14.0 Å². The molecule has 0 aliphatic rings. The quantitative estimate of drug-likeness (QED) is 0.242. The first kappa shape index (κ1) is 7.59. The molecule has 1 rings (SSSR count). The molecule has 0 saturated carbocycles. The van der Waals surface area contributed by atoms with Crippen LogP contribution in [0.15, 0.2) is 11.3 Å². The van der Waals surface area contributed by atoms with E-state index in [-0.39, 0.29) is 0 Å². The van der Waals surface area contributed by atoms with E-state index in [9.17, 15) is 0 Å². The predicted octanol–water partition coefficient (Wildman–Crippen LogP) is -0.692. The van der Waals surface area contributed by atoms with Gasteiger partial charge in [0.15, 0.2) is 5.84 Å². The molecule has 1 heterocycles. The maximum atomic E-state index is 5.48. The first-order valence-corrected chi connectivity index (χ1v) is 3.19. The Balaban J connectivity index is 3.15. The summed E-state index contributed by atoms with van der Waals surface area (Å²) in [6.45, 7) is 1.90. The predicted molar refractivity (Wildman–Crippen MR) is 42.9 cm³/mol. The zero-order valence-corrected chi connectivity index (χ0v) is 6.57. The normalized spacial score (nSPS) is 12.0. The van der Waals surface area contributed by atoms with Gasteiger partial charge in [-0.1, -0.05) is 0 Å². The first-order chi connectivity index (χ1) is 5.16. The van der Waals surface area contributed by atoms with Gasteiger partial charge in [-0.15, -0.1) is 0 Å². The van der Waals surface area contributed by atoms with Crippen LogP contribution >= 0.6 is 0 Å². The van der Waals surface area contributed by atoms with Crippen LogP contribution in [0.25, 0.3) is 0 Å². The van der Waals surface area contributed by atoms with Crippen LogP contribution in [-0.2, 0) is 7.05 Å². The lowest BCUT2D eigenvalue weighted by Gasteiger charge is -1.96. The van der Waals surface area contributed by atoms with Gasteiger partial charge in [0.2, 0.25) is 0 Å². The van der Waals surface area contributed by atoms with Crippen LogP contribution in [0.5, 0.6) is 0 Å². The number of aromatic nitrogens is 2. The van der Waals surface area contributed by atoms with Crippen LogP contribution in [0, 0.1) is 6.92 Å². The largest absolute Gasteiger partial charge is 0.382 e. The summed E-state index contributed by atoms with van der Waals surface area (Å²) in [7, 11) is 1.84. The number of hydrogen-bond acceptors (Lipinski definition) is 3. The second-order valence-corrected chi connectivity index (χ2v) is 2.28. The molecule has 60 valence electrons. The molecule has 0 bridgehead atoms. The van der Waals surface area contributed by atoms with Gasteiger partial charge in [-0.05, 0) is 6.92 Å². The molecule has 0 aromatic carbocycles. The highest BCUT2D eigenvalue weighted by molar-refractivity contribution is 5.97. The standard InChI is InChI=1S/C6H11N5/c1-4-5(6(7)10-8)3-9-11(4)2/h3H,8H2,1-2H3,(H2,7,10). The number of rotatable bonds is 1. The van der Waals surface area contributed by atoms with Crippen LogP contribution < -0.4 is 11.6 Å². The first-order valence-electron chi connectivity index (χ1n) is 3.19. The Hall–Kier alpha value is -1.52. The number of nitrogens with zero attached hydrogens (tertiary/aromatic N) is 3. The summed E-state index contributed by atoms with van der Waals surface area (Å²) in [5.41, 5.74) is 7.22. The van der Waals surface area contributed by atoms with E-state index in [0.717, 1.165) is 11.3 Å². The van der Waals surface area contributed by atoms with Gasteiger partial charge in [0.1, 0.15) is 0 Å². The Kier molecular flexibility index (Phi) is 1.80. The Morgan fingerprint density at radius 3 is 2.73 bits per heavy atom. The molecule has 0 aliphatic carbocycles. The Labute approximate surface area is 64.7 Å². The molecule has 0 saturated heterocycles. The minimum absolute atomic E-state index is 0.315. The number of hydrazone groups is 1. The summed E-state index contributed by atoms with van der Waals surface area (Å²) < 4.78 is 1.72. The van der Waals surface area contributed by atoms with Gasteiger partial charge >= 0.3 is 0 Å². The molecule has 0 aliphatic heterocycles. The van der Waals surface area contributed by atoms with Crippen molar-refractivity contribution in [1.82, 2.24) is 9.78 Å². The second-order valence-electron chi connectivity index (χ2n) is 2.28. The Morgan fingerprint density at radius 1 is 1.73 bits per heavy atom. The van der Waals surface area contributed by atoms with Crippen LogP contribution in [0.3, 0.4) is 0 Å². The van der Waals surface area contributed by atoms with Crippen LogP contribution in [0.2, 0.25) is 0 Å². The highest BCUT2D eigenvalue weighted by atomic mass is 15.3. The highest BCUT2D eigenvalue weighted by Gasteiger charge is 2.05. The van der Waals surface area contributed by atoms with E-state index in [2.05, 4.69) is 10.2 Å². The zero-order valence-electron chi connectivity index (χ0n) is 6.57. The summed E-state index contributed by atoms with van der Waals surface area (Å²) in [5, 5.41) is 7.36. The van der Waals surface area contributed by atoms with E-state index >= 15 is 0 Å². The van der Waals surface area contributed by atoms with Crippen molar-refractivity contribution >= 4 is 5.84 Å². The van der Waals surface area contributed by atoms with Crippen molar-refractivity contribution in [3.8, 4) is 0 Å². The summed E-state index contributed by atoms with van der Waals surface area (Å²) >= 11 is 0. The number of aryl methyl sites for hydroxylation is 1.